The first-order valence-electron chi connectivity index (χ1n) is 4.08. The zero-order valence-electron chi connectivity index (χ0n) is 7.44. The molecule has 78 valence electrons. The molecule has 1 aromatic rings. The third kappa shape index (κ3) is 2.18. The van der Waals surface area contributed by atoms with Gasteiger partial charge in [0.25, 0.3) is 0 Å². The van der Waals surface area contributed by atoms with Crippen LogP contribution in [0.3, 0.4) is 0 Å². The lowest BCUT2D eigenvalue weighted by atomic mass is 9.79. The summed E-state index contributed by atoms with van der Waals surface area (Å²) in [7, 11) is 0. The molecule has 1 rings (SSSR count). The van der Waals surface area contributed by atoms with Gasteiger partial charge in [0.15, 0.2) is 5.75 Å². The highest BCUT2D eigenvalue weighted by atomic mass is 19.4. The van der Waals surface area contributed by atoms with Crippen molar-refractivity contribution < 1.29 is 22.1 Å². The van der Waals surface area contributed by atoms with Gasteiger partial charge in [0.1, 0.15) is 5.82 Å². The summed E-state index contributed by atoms with van der Waals surface area (Å²) in [6.07, 6.45) is 0. The monoisotopic (exact) mass is 207 g/mol. The summed E-state index contributed by atoms with van der Waals surface area (Å²) in [5, 5.41) is 0. The molecule has 14 heavy (non-hydrogen) atoms. The molecule has 0 spiro atoms. The fourth-order valence-corrected chi connectivity index (χ4v) is 1.05. The first-order chi connectivity index (χ1) is 6.46. The smallest absolute Gasteiger partial charge is 0.491 e. The Hall–Kier alpha value is -1.20. The Labute approximate surface area is 78.7 Å². The van der Waals surface area contributed by atoms with Crippen molar-refractivity contribution in [1.82, 2.24) is 0 Å². The molecule has 0 aliphatic carbocycles. The molecule has 0 N–H and O–H groups in total. The van der Waals surface area contributed by atoms with Crippen LogP contribution in [0.15, 0.2) is 18.2 Å². The summed E-state index contributed by atoms with van der Waals surface area (Å²) in [6, 6.07) is 3.00. The van der Waals surface area contributed by atoms with Crippen LogP contribution in [0, 0.1) is 5.82 Å². The van der Waals surface area contributed by atoms with Crippen molar-refractivity contribution in [3.8, 4) is 5.75 Å². The average molecular weight is 207 g/mol. The third-order valence-electron chi connectivity index (χ3n) is 1.65. The van der Waals surface area contributed by atoms with Gasteiger partial charge in [-0.1, -0.05) is 17.6 Å². The first-order valence-corrected chi connectivity index (χ1v) is 4.08. The van der Waals surface area contributed by atoms with Crippen molar-refractivity contribution in [2.24, 2.45) is 0 Å². The Bertz CT molecular complexity index is 324. The second-order valence-corrected chi connectivity index (χ2v) is 2.67. The molecular formula is C8H8BF4O-. The number of benzene rings is 1. The van der Waals surface area contributed by atoms with E-state index in [4.69, 9.17) is 4.74 Å². The number of hydrogen-bond donors (Lipinski definition) is 0. The minimum atomic E-state index is -5.32. The van der Waals surface area contributed by atoms with Gasteiger partial charge < -0.3 is 17.7 Å². The van der Waals surface area contributed by atoms with Crippen LogP contribution in [0.25, 0.3) is 0 Å². The van der Waals surface area contributed by atoms with Gasteiger partial charge in [0.2, 0.25) is 0 Å². The van der Waals surface area contributed by atoms with E-state index in [0.29, 0.717) is 6.07 Å². The highest BCUT2D eigenvalue weighted by molar-refractivity contribution is 6.73. The van der Waals surface area contributed by atoms with E-state index in [1.165, 1.54) is 6.07 Å². The van der Waals surface area contributed by atoms with E-state index in [2.05, 4.69) is 0 Å². The zero-order valence-corrected chi connectivity index (χ0v) is 7.44. The molecule has 1 nitrogen and oxygen atoms in total. The molecule has 0 radical (unpaired) electrons. The molecule has 6 heteroatoms. The minimum absolute atomic E-state index is 0.130. The Kier molecular flexibility index (Phi) is 3.03. The highest BCUT2D eigenvalue weighted by Gasteiger charge is 2.30. The topological polar surface area (TPSA) is 9.23 Å². The summed E-state index contributed by atoms with van der Waals surface area (Å²) >= 11 is 0. The Morgan fingerprint density at radius 1 is 1.29 bits per heavy atom. The second-order valence-electron chi connectivity index (χ2n) is 2.67. The van der Waals surface area contributed by atoms with Crippen LogP contribution in [0.1, 0.15) is 6.92 Å². The molecule has 0 heterocycles. The fraction of sp³-hybridized carbons (Fsp3) is 0.250. The normalized spacial score (nSPS) is 11.5. The van der Waals surface area contributed by atoms with Crippen LogP contribution in [-0.4, -0.2) is 13.6 Å². The van der Waals surface area contributed by atoms with E-state index < -0.39 is 18.3 Å². The SMILES string of the molecule is CCOc1cccc([B-](F)(F)F)c1F. The molecule has 0 saturated carbocycles. The Morgan fingerprint density at radius 3 is 2.43 bits per heavy atom. The summed E-state index contributed by atoms with van der Waals surface area (Å²) in [6.45, 7) is -3.61. The largest absolute Gasteiger partial charge is 0.512 e. The van der Waals surface area contributed by atoms with E-state index in [-0.39, 0.29) is 12.4 Å². The van der Waals surface area contributed by atoms with Crippen LogP contribution < -0.4 is 10.2 Å². The lowest BCUT2D eigenvalue weighted by Gasteiger charge is -2.17. The van der Waals surface area contributed by atoms with Crippen molar-refractivity contribution in [2.45, 2.75) is 6.92 Å². The predicted octanol–water partition coefficient (Wildman–Crippen LogP) is 2.28. The predicted molar refractivity (Wildman–Crippen MR) is 46.3 cm³/mol. The van der Waals surface area contributed by atoms with Crippen molar-refractivity contribution in [1.29, 1.82) is 0 Å². The number of rotatable bonds is 3. The van der Waals surface area contributed by atoms with Crippen molar-refractivity contribution in [3.63, 3.8) is 0 Å². The van der Waals surface area contributed by atoms with Gasteiger partial charge in [-0.25, -0.2) is 4.39 Å². The third-order valence-corrected chi connectivity index (χ3v) is 1.65. The quantitative estimate of drug-likeness (QED) is 0.545. The maximum absolute atomic E-state index is 13.1. The standard InChI is InChI=1S/C8H8BF4O/c1-2-14-7-5-3-4-6(8(7)10)9(11,12)13/h3-5H,2H2,1H3/q-1. The van der Waals surface area contributed by atoms with Gasteiger partial charge >= 0.3 is 6.98 Å². The van der Waals surface area contributed by atoms with Gasteiger partial charge in [-0.15, -0.1) is 0 Å². The molecular weight excluding hydrogens is 199 g/mol. The number of halogens is 4. The number of hydrogen-bond acceptors (Lipinski definition) is 1. The molecule has 0 amide bonds. The maximum Gasteiger partial charge on any atom is 0.512 e. The van der Waals surface area contributed by atoms with E-state index in [0.717, 1.165) is 6.07 Å². The van der Waals surface area contributed by atoms with Gasteiger partial charge in [0.05, 0.1) is 6.61 Å². The molecule has 0 saturated heterocycles. The van der Waals surface area contributed by atoms with E-state index in [1.807, 2.05) is 0 Å². The maximum atomic E-state index is 13.1. The highest BCUT2D eigenvalue weighted by Crippen LogP contribution is 2.19. The molecule has 0 aromatic heterocycles. The van der Waals surface area contributed by atoms with E-state index in [1.54, 1.807) is 6.92 Å². The number of ether oxygens (including phenoxy) is 1. The van der Waals surface area contributed by atoms with Crippen molar-refractivity contribution in [2.75, 3.05) is 6.61 Å². The van der Waals surface area contributed by atoms with E-state index >= 15 is 0 Å². The lowest BCUT2D eigenvalue weighted by Crippen LogP contribution is -2.36. The van der Waals surface area contributed by atoms with Crippen LogP contribution in [-0.2, 0) is 0 Å². The molecule has 0 unspecified atom stereocenters. The van der Waals surface area contributed by atoms with Crippen LogP contribution in [0.4, 0.5) is 17.3 Å². The molecule has 1 aromatic carbocycles. The van der Waals surface area contributed by atoms with Gasteiger partial charge in [-0.05, 0) is 13.0 Å². The zero-order chi connectivity index (χ0) is 10.8. The second kappa shape index (κ2) is 3.90. The van der Waals surface area contributed by atoms with Crippen LogP contribution in [0.2, 0.25) is 0 Å². The van der Waals surface area contributed by atoms with Crippen molar-refractivity contribution in [3.05, 3.63) is 24.0 Å². The minimum Gasteiger partial charge on any atom is -0.491 e. The summed E-state index contributed by atoms with van der Waals surface area (Å²) in [5.74, 6) is -1.69. The van der Waals surface area contributed by atoms with Gasteiger partial charge in [-0.2, -0.15) is 0 Å². The van der Waals surface area contributed by atoms with Gasteiger partial charge in [0, 0.05) is 0 Å². The molecule has 0 fully saturated rings. The molecule has 0 atom stereocenters. The molecule has 0 bridgehead atoms. The summed E-state index contributed by atoms with van der Waals surface area (Å²) < 4.78 is 54.5. The molecule has 0 aliphatic heterocycles. The van der Waals surface area contributed by atoms with Crippen LogP contribution in [0.5, 0.6) is 5.75 Å². The Balaban J connectivity index is 3.14. The van der Waals surface area contributed by atoms with Crippen molar-refractivity contribution >= 4 is 12.4 Å². The van der Waals surface area contributed by atoms with E-state index in [9.17, 15) is 17.3 Å². The fourth-order valence-electron chi connectivity index (χ4n) is 1.05. The summed E-state index contributed by atoms with van der Waals surface area (Å²) in [5.41, 5.74) is -1.24. The summed E-state index contributed by atoms with van der Waals surface area (Å²) in [4.78, 5) is 0. The van der Waals surface area contributed by atoms with Crippen LogP contribution >= 0.6 is 0 Å². The lowest BCUT2D eigenvalue weighted by molar-refractivity contribution is 0.321. The Morgan fingerprint density at radius 2 is 1.93 bits per heavy atom. The average Bonchev–Trinajstić information content (AvgIpc) is 2.07. The first kappa shape index (κ1) is 10.9. The molecule has 0 aliphatic rings. The van der Waals surface area contributed by atoms with Gasteiger partial charge in [-0.3, -0.25) is 0 Å².